The van der Waals surface area contributed by atoms with Crippen LogP contribution in [0.5, 0.6) is 0 Å². The second-order valence-corrected chi connectivity index (χ2v) is 7.71. The number of nitrogens with zero attached hydrogens (tertiary/aromatic N) is 1. The molecule has 0 unspecified atom stereocenters. The number of rotatable bonds is 5. The summed E-state index contributed by atoms with van der Waals surface area (Å²) in [5, 5.41) is 0.809. The summed E-state index contributed by atoms with van der Waals surface area (Å²) >= 11 is 1.45. The SMILES string of the molecule is O=C(OCC(=O)c1c(-c2ccccc2)[nH]c2ccccc12)c1ccc2ncsc2c1. The lowest BCUT2D eigenvalue weighted by molar-refractivity contribution is 0.0475. The number of thiazole rings is 1. The minimum Gasteiger partial charge on any atom is -0.454 e. The third-order valence-corrected chi connectivity index (χ3v) is 5.74. The van der Waals surface area contributed by atoms with Crippen molar-refractivity contribution in [3.8, 4) is 11.3 Å². The third kappa shape index (κ3) is 3.27. The number of carbonyl (C=O) groups excluding carboxylic acids is 2. The number of aromatic amines is 1. The van der Waals surface area contributed by atoms with Crippen LogP contribution in [0.15, 0.2) is 78.3 Å². The highest BCUT2D eigenvalue weighted by Crippen LogP contribution is 2.30. The number of H-pyrrole nitrogens is 1. The first kappa shape index (κ1) is 18.3. The topological polar surface area (TPSA) is 72.1 Å². The molecular formula is C24H16N2O3S. The van der Waals surface area contributed by atoms with Gasteiger partial charge in [-0.1, -0.05) is 48.5 Å². The molecule has 0 spiro atoms. The van der Waals surface area contributed by atoms with Crippen LogP contribution in [0.3, 0.4) is 0 Å². The molecule has 30 heavy (non-hydrogen) atoms. The van der Waals surface area contributed by atoms with E-state index < -0.39 is 5.97 Å². The van der Waals surface area contributed by atoms with Crippen molar-refractivity contribution in [2.75, 3.05) is 6.61 Å². The van der Waals surface area contributed by atoms with Gasteiger partial charge in [-0.25, -0.2) is 9.78 Å². The van der Waals surface area contributed by atoms with Gasteiger partial charge in [-0.05, 0) is 29.8 Å². The van der Waals surface area contributed by atoms with Crippen LogP contribution in [0.4, 0.5) is 0 Å². The van der Waals surface area contributed by atoms with E-state index in [-0.39, 0.29) is 12.4 Å². The van der Waals surface area contributed by atoms with E-state index in [1.807, 2.05) is 54.6 Å². The van der Waals surface area contributed by atoms with Gasteiger partial charge in [-0.2, -0.15) is 0 Å². The Morgan fingerprint density at radius 1 is 0.967 bits per heavy atom. The second-order valence-electron chi connectivity index (χ2n) is 6.82. The molecule has 1 N–H and O–H groups in total. The molecule has 146 valence electrons. The number of para-hydroxylation sites is 1. The zero-order valence-electron chi connectivity index (χ0n) is 15.8. The van der Waals surface area contributed by atoms with Crippen molar-refractivity contribution >= 4 is 44.2 Å². The van der Waals surface area contributed by atoms with Crippen molar-refractivity contribution in [3.05, 3.63) is 89.4 Å². The maximum Gasteiger partial charge on any atom is 0.338 e. The van der Waals surface area contributed by atoms with Crippen LogP contribution >= 0.6 is 11.3 Å². The van der Waals surface area contributed by atoms with Gasteiger partial charge in [0.1, 0.15) is 0 Å². The first-order chi connectivity index (χ1) is 14.7. The first-order valence-corrected chi connectivity index (χ1v) is 10.3. The lowest BCUT2D eigenvalue weighted by Gasteiger charge is -2.07. The van der Waals surface area contributed by atoms with E-state index in [1.165, 1.54) is 11.3 Å². The van der Waals surface area contributed by atoms with Crippen molar-refractivity contribution in [1.82, 2.24) is 9.97 Å². The van der Waals surface area contributed by atoms with E-state index in [2.05, 4.69) is 9.97 Å². The molecule has 5 aromatic rings. The molecule has 0 atom stereocenters. The van der Waals surface area contributed by atoms with Crippen LogP contribution < -0.4 is 0 Å². The number of benzene rings is 3. The van der Waals surface area contributed by atoms with Crippen molar-refractivity contribution in [3.63, 3.8) is 0 Å². The van der Waals surface area contributed by atoms with Gasteiger partial charge in [0.15, 0.2) is 6.61 Å². The van der Waals surface area contributed by atoms with Crippen LogP contribution in [-0.4, -0.2) is 28.3 Å². The van der Waals surface area contributed by atoms with Gasteiger partial charge in [0.25, 0.3) is 0 Å². The molecule has 2 heterocycles. The second kappa shape index (κ2) is 7.57. The lowest BCUT2D eigenvalue weighted by atomic mass is 10.0. The highest BCUT2D eigenvalue weighted by atomic mass is 32.1. The highest BCUT2D eigenvalue weighted by Gasteiger charge is 2.21. The molecule has 0 saturated carbocycles. The number of aromatic nitrogens is 2. The predicted octanol–water partition coefficient (Wildman–Crippen LogP) is 5.48. The number of carbonyl (C=O) groups is 2. The summed E-state index contributed by atoms with van der Waals surface area (Å²) in [6.07, 6.45) is 0. The smallest absolute Gasteiger partial charge is 0.338 e. The molecule has 0 amide bonds. The number of fused-ring (bicyclic) bond motifs is 2. The number of esters is 1. The van der Waals surface area contributed by atoms with Crippen LogP contribution in [0, 0.1) is 0 Å². The molecule has 5 nitrogen and oxygen atoms in total. The fraction of sp³-hybridized carbons (Fsp3) is 0.0417. The Bertz CT molecular complexity index is 1390. The van der Waals surface area contributed by atoms with Crippen molar-refractivity contribution in [2.45, 2.75) is 0 Å². The Kier molecular flexibility index (Phi) is 4.61. The number of hydrogen-bond donors (Lipinski definition) is 1. The summed E-state index contributed by atoms with van der Waals surface area (Å²) in [5.74, 6) is -0.779. The molecular weight excluding hydrogens is 396 g/mol. The van der Waals surface area contributed by atoms with E-state index in [0.29, 0.717) is 11.1 Å². The lowest BCUT2D eigenvalue weighted by Crippen LogP contribution is -2.14. The maximum atomic E-state index is 13.1. The van der Waals surface area contributed by atoms with E-state index in [1.54, 1.807) is 23.7 Å². The molecule has 0 radical (unpaired) electrons. The van der Waals surface area contributed by atoms with Crippen molar-refractivity contribution in [2.24, 2.45) is 0 Å². The molecule has 0 aliphatic rings. The minimum atomic E-state index is -0.528. The van der Waals surface area contributed by atoms with Crippen LogP contribution in [0.2, 0.25) is 0 Å². The standard InChI is InChI=1S/C24H16N2O3S/c27-20(13-29-24(28)16-10-11-19-21(12-16)30-14-25-19)22-17-8-4-5-9-18(17)26-23(22)15-6-2-1-3-7-15/h1-12,14,26H,13H2. The number of ketones is 1. The zero-order valence-corrected chi connectivity index (χ0v) is 16.6. The zero-order chi connectivity index (χ0) is 20.5. The number of hydrogen-bond acceptors (Lipinski definition) is 5. The maximum absolute atomic E-state index is 13.1. The summed E-state index contributed by atoms with van der Waals surface area (Å²) in [5.41, 5.74) is 5.98. The van der Waals surface area contributed by atoms with Crippen molar-refractivity contribution < 1.29 is 14.3 Å². The summed E-state index contributed by atoms with van der Waals surface area (Å²) < 4.78 is 6.26. The summed E-state index contributed by atoms with van der Waals surface area (Å²) in [4.78, 5) is 33.2. The first-order valence-electron chi connectivity index (χ1n) is 9.40. The van der Waals surface area contributed by atoms with Crippen LogP contribution in [-0.2, 0) is 4.74 Å². The third-order valence-electron chi connectivity index (χ3n) is 4.95. The molecule has 5 rings (SSSR count). The number of nitrogens with one attached hydrogen (secondary N) is 1. The van der Waals surface area contributed by atoms with Gasteiger partial charge in [-0.15, -0.1) is 11.3 Å². The Labute approximate surface area is 176 Å². The average Bonchev–Trinajstić information content (AvgIpc) is 3.41. The molecule has 0 aliphatic carbocycles. The Hall–Kier alpha value is -3.77. The van der Waals surface area contributed by atoms with Gasteiger partial charge >= 0.3 is 5.97 Å². The highest BCUT2D eigenvalue weighted by molar-refractivity contribution is 7.16. The Morgan fingerprint density at radius 2 is 1.77 bits per heavy atom. The molecule has 0 bridgehead atoms. The van der Waals surface area contributed by atoms with Crippen LogP contribution in [0.1, 0.15) is 20.7 Å². The van der Waals surface area contributed by atoms with Gasteiger partial charge < -0.3 is 9.72 Å². The van der Waals surface area contributed by atoms with E-state index in [9.17, 15) is 9.59 Å². The number of ether oxygens (including phenoxy) is 1. The fourth-order valence-electron chi connectivity index (χ4n) is 3.52. The summed E-state index contributed by atoms with van der Waals surface area (Å²) in [7, 11) is 0. The normalized spacial score (nSPS) is 11.1. The molecule has 3 aromatic carbocycles. The van der Waals surface area contributed by atoms with Crippen molar-refractivity contribution in [1.29, 1.82) is 0 Å². The van der Waals surface area contributed by atoms with Gasteiger partial charge in [0.2, 0.25) is 5.78 Å². The fourth-order valence-corrected chi connectivity index (χ4v) is 4.24. The van der Waals surface area contributed by atoms with Gasteiger partial charge in [-0.3, -0.25) is 4.79 Å². The molecule has 0 aliphatic heterocycles. The van der Waals surface area contributed by atoms with E-state index in [0.717, 1.165) is 32.4 Å². The molecule has 2 aromatic heterocycles. The quantitative estimate of drug-likeness (QED) is 0.306. The monoisotopic (exact) mass is 412 g/mol. The van der Waals surface area contributed by atoms with E-state index in [4.69, 9.17) is 4.74 Å². The largest absolute Gasteiger partial charge is 0.454 e. The molecule has 0 fully saturated rings. The average molecular weight is 412 g/mol. The van der Waals surface area contributed by atoms with Crippen LogP contribution in [0.25, 0.3) is 32.4 Å². The van der Waals surface area contributed by atoms with Gasteiger partial charge in [0.05, 0.1) is 32.5 Å². The van der Waals surface area contributed by atoms with Gasteiger partial charge in [0, 0.05) is 10.9 Å². The number of Topliss-reactive ketones (excluding diaryl/α,β-unsaturated/α-hetero) is 1. The Morgan fingerprint density at radius 3 is 2.63 bits per heavy atom. The minimum absolute atomic E-state index is 0.251. The summed E-state index contributed by atoms with van der Waals surface area (Å²) in [6, 6.07) is 22.4. The van der Waals surface area contributed by atoms with E-state index >= 15 is 0 Å². The molecule has 6 heteroatoms. The molecule has 0 saturated heterocycles. The Balaban J connectivity index is 1.44. The summed E-state index contributed by atoms with van der Waals surface area (Å²) in [6.45, 7) is -0.332. The predicted molar refractivity (Wildman–Crippen MR) is 118 cm³/mol.